The van der Waals surface area contributed by atoms with Gasteiger partial charge in [-0.25, -0.2) is 4.99 Å². The molecule has 1 fully saturated rings. The fraction of sp³-hybridized carbons (Fsp3) is 0.176. The molecule has 1 amide bonds. The maximum absolute atomic E-state index is 12.8. The Kier molecular flexibility index (Phi) is 5.35. The lowest BCUT2D eigenvalue weighted by Crippen LogP contribution is -2.39. The van der Waals surface area contributed by atoms with Crippen LogP contribution in [-0.4, -0.2) is 33.2 Å². The molecule has 1 saturated heterocycles. The number of aliphatic imine (C=N–C) groups is 1. The molecule has 0 aromatic heterocycles. The average molecular weight is 376 g/mol. The summed E-state index contributed by atoms with van der Waals surface area (Å²) < 4.78 is 0. The second kappa shape index (κ2) is 7.67. The van der Waals surface area contributed by atoms with Gasteiger partial charge in [0.2, 0.25) is 0 Å². The van der Waals surface area contributed by atoms with Gasteiger partial charge in [-0.1, -0.05) is 35.5 Å². The van der Waals surface area contributed by atoms with E-state index in [4.69, 9.17) is 11.6 Å². The van der Waals surface area contributed by atoms with Gasteiger partial charge < -0.3 is 0 Å². The molecule has 1 heterocycles. The standard InChI is InChI=1S/C17H14ClN3O3S/c18-14-4-1-2-5-15(14)19-17-20(10-3-11-25-17)16(22)12-6-8-13(9-7-12)21(23)24/h1-2,4-9H,3,10-11H2. The first-order valence-electron chi connectivity index (χ1n) is 7.58. The third-order valence-electron chi connectivity index (χ3n) is 3.63. The van der Waals surface area contributed by atoms with Gasteiger partial charge in [0.05, 0.1) is 15.6 Å². The molecule has 6 nitrogen and oxygen atoms in total. The van der Waals surface area contributed by atoms with Gasteiger partial charge in [0, 0.05) is 30.0 Å². The number of nitrogens with zero attached hydrogens (tertiary/aromatic N) is 3. The van der Waals surface area contributed by atoms with Crippen molar-refractivity contribution in [2.45, 2.75) is 6.42 Å². The summed E-state index contributed by atoms with van der Waals surface area (Å²) in [5.41, 5.74) is 0.949. The molecule has 3 rings (SSSR count). The van der Waals surface area contributed by atoms with Gasteiger partial charge in [-0.2, -0.15) is 0 Å². The van der Waals surface area contributed by atoms with E-state index in [2.05, 4.69) is 4.99 Å². The van der Waals surface area contributed by atoms with Gasteiger partial charge in [-0.05, 0) is 30.7 Å². The number of hydrogen-bond acceptors (Lipinski definition) is 5. The summed E-state index contributed by atoms with van der Waals surface area (Å²) in [6.07, 6.45) is 0.852. The highest BCUT2D eigenvalue weighted by Gasteiger charge is 2.25. The van der Waals surface area contributed by atoms with E-state index in [9.17, 15) is 14.9 Å². The molecule has 0 radical (unpaired) electrons. The molecule has 0 atom stereocenters. The van der Waals surface area contributed by atoms with Crippen LogP contribution in [0, 0.1) is 10.1 Å². The van der Waals surface area contributed by atoms with E-state index < -0.39 is 4.92 Å². The van der Waals surface area contributed by atoms with E-state index in [-0.39, 0.29) is 11.6 Å². The summed E-state index contributed by atoms with van der Waals surface area (Å²) >= 11 is 7.65. The molecule has 0 spiro atoms. The van der Waals surface area contributed by atoms with Gasteiger partial charge in [0.15, 0.2) is 5.17 Å². The van der Waals surface area contributed by atoms with Crippen molar-refractivity contribution in [2.24, 2.45) is 4.99 Å². The number of nitro groups is 1. The zero-order valence-electron chi connectivity index (χ0n) is 13.1. The summed E-state index contributed by atoms with van der Waals surface area (Å²) in [5, 5.41) is 11.8. The summed E-state index contributed by atoms with van der Waals surface area (Å²) in [6, 6.07) is 12.8. The van der Waals surface area contributed by atoms with Crippen LogP contribution in [0.3, 0.4) is 0 Å². The number of hydrogen-bond donors (Lipinski definition) is 0. The molecule has 0 saturated carbocycles. The number of halogens is 1. The second-order valence-corrected chi connectivity index (χ2v) is 6.78. The number of nitro benzene ring substituents is 1. The third-order valence-corrected chi connectivity index (χ3v) is 5.01. The Morgan fingerprint density at radius 1 is 1.20 bits per heavy atom. The molecular formula is C17H14ClN3O3S. The zero-order chi connectivity index (χ0) is 17.8. The van der Waals surface area contributed by atoms with Crippen molar-refractivity contribution < 1.29 is 9.72 Å². The lowest BCUT2D eigenvalue weighted by atomic mass is 10.2. The van der Waals surface area contributed by atoms with Crippen LogP contribution in [0.25, 0.3) is 0 Å². The highest BCUT2D eigenvalue weighted by atomic mass is 35.5. The van der Waals surface area contributed by atoms with Gasteiger partial charge in [-0.15, -0.1) is 0 Å². The monoisotopic (exact) mass is 375 g/mol. The predicted molar refractivity (Wildman–Crippen MR) is 99.8 cm³/mol. The number of amidine groups is 1. The number of rotatable bonds is 3. The Hall–Kier alpha value is -2.38. The summed E-state index contributed by atoms with van der Waals surface area (Å²) in [4.78, 5) is 29.2. The van der Waals surface area contributed by atoms with Crippen molar-refractivity contribution in [2.75, 3.05) is 12.3 Å². The smallest absolute Gasteiger partial charge is 0.269 e. The van der Waals surface area contributed by atoms with E-state index in [1.54, 1.807) is 17.0 Å². The van der Waals surface area contributed by atoms with E-state index in [1.807, 2.05) is 12.1 Å². The first-order chi connectivity index (χ1) is 12.1. The molecule has 128 valence electrons. The maximum Gasteiger partial charge on any atom is 0.269 e. The van der Waals surface area contributed by atoms with Crippen molar-refractivity contribution >= 4 is 45.8 Å². The van der Waals surface area contributed by atoms with Crippen LogP contribution in [0.1, 0.15) is 16.8 Å². The highest BCUT2D eigenvalue weighted by Crippen LogP contribution is 2.28. The highest BCUT2D eigenvalue weighted by molar-refractivity contribution is 8.13. The normalized spacial score (nSPS) is 16.0. The van der Waals surface area contributed by atoms with Crippen molar-refractivity contribution in [3.63, 3.8) is 0 Å². The first-order valence-corrected chi connectivity index (χ1v) is 8.95. The van der Waals surface area contributed by atoms with Crippen LogP contribution >= 0.6 is 23.4 Å². The van der Waals surface area contributed by atoms with E-state index >= 15 is 0 Å². The molecule has 1 aliphatic heterocycles. The molecule has 0 aliphatic carbocycles. The predicted octanol–water partition coefficient (Wildman–Crippen LogP) is 4.52. The Morgan fingerprint density at radius 3 is 2.60 bits per heavy atom. The lowest BCUT2D eigenvalue weighted by molar-refractivity contribution is -0.384. The minimum Gasteiger partial charge on any atom is -0.287 e. The van der Waals surface area contributed by atoms with Gasteiger partial charge in [0.25, 0.3) is 11.6 Å². The first kappa shape index (κ1) is 17.4. The molecule has 8 heteroatoms. The van der Waals surface area contributed by atoms with Crippen LogP contribution in [0.5, 0.6) is 0 Å². The Balaban J connectivity index is 1.89. The van der Waals surface area contributed by atoms with Crippen molar-refractivity contribution in [3.8, 4) is 0 Å². The summed E-state index contributed by atoms with van der Waals surface area (Å²) in [6.45, 7) is 0.548. The van der Waals surface area contributed by atoms with Crippen LogP contribution < -0.4 is 0 Å². The number of para-hydroxylation sites is 1. The number of carbonyl (C=O) groups excluding carboxylic acids is 1. The van der Waals surface area contributed by atoms with E-state index in [1.165, 1.54) is 36.0 Å². The molecule has 0 N–H and O–H groups in total. The van der Waals surface area contributed by atoms with Crippen LogP contribution in [0.15, 0.2) is 53.5 Å². The van der Waals surface area contributed by atoms with E-state index in [0.29, 0.717) is 28.0 Å². The number of thioether (sulfide) groups is 1. The number of amides is 1. The molecule has 1 aliphatic rings. The largest absolute Gasteiger partial charge is 0.287 e. The Morgan fingerprint density at radius 2 is 1.92 bits per heavy atom. The molecule has 0 unspecified atom stereocenters. The topological polar surface area (TPSA) is 75.8 Å². The fourth-order valence-electron chi connectivity index (χ4n) is 2.37. The van der Waals surface area contributed by atoms with Crippen molar-refractivity contribution in [3.05, 3.63) is 69.2 Å². The zero-order valence-corrected chi connectivity index (χ0v) is 14.7. The van der Waals surface area contributed by atoms with Crippen LogP contribution in [0.2, 0.25) is 5.02 Å². The van der Waals surface area contributed by atoms with E-state index in [0.717, 1.165) is 12.2 Å². The Bertz CT molecular complexity index is 839. The molecule has 25 heavy (non-hydrogen) atoms. The Labute approximate surface area is 153 Å². The van der Waals surface area contributed by atoms with Crippen molar-refractivity contribution in [1.82, 2.24) is 4.90 Å². The molecule has 0 bridgehead atoms. The van der Waals surface area contributed by atoms with Crippen molar-refractivity contribution in [1.29, 1.82) is 0 Å². The average Bonchev–Trinajstić information content (AvgIpc) is 2.63. The van der Waals surface area contributed by atoms with Gasteiger partial charge in [-0.3, -0.25) is 19.8 Å². The minimum atomic E-state index is -0.491. The van der Waals surface area contributed by atoms with Gasteiger partial charge >= 0.3 is 0 Å². The van der Waals surface area contributed by atoms with Crippen LogP contribution in [0.4, 0.5) is 11.4 Å². The van der Waals surface area contributed by atoms with Gasteiger partial charge in [0.1, 0.15) is 0 Å². The molecule has 2 aromatic carbocycles. The minimum absolute atomic E-state index is 0.0467. The number of non-ortho nitro benzene ring substituents is 1. The summed E-state index contributed by atoms with van der Waals surface area (Å²) in [5.74, 6) is 0.640. The van der Waals surface area contributed by atoms with Crippen LogP contribution in [-0.2, 0) is 0 Å². The molecular weight excluding hydrogens is 362 g/mol. The SMILES string of the molecule is O=C(c1ccc([N+](=O)[O-])cc1)N1CCCSC1=Nc1ccccc1Cl. The third kappa shape index (κ3) is 4.00. The fourth-order valence-corrected chi connectivity index (χ4v) is 3.49. The number of benzene rings is 2. The summed E-state index contributed by atoms with van der Waals surface area (Å²) in [7, 11) is 0. The molecule has 2 aromatic rings. The quantitative estimate of drug-likeness (QED) is 0.584. The maximum atomic E-state index is 12.8. The lowest BCUT2D eigenvalue weighted by Gasteiger charge is -2.27. The second-order valence-electron chi connectivity index (χ2n) is 5.31. The number of carbonyl (C=O) groups is 1.